The molecule has 2 amide bonds. The maximum absolute atomic E-state index is 13.9. The van der Waals surface area contributed by atoms with E-state index in [0.717, 1.165) is 37.1 Å². The Labute approximate surface area is 245 Å². The van der Waals surface area contributed by atoms with Crippen LogP contribution in [0.1, 0.15) is 65.5 Å². The van der Waals surface area contributed by atoms with Gasteiger partial charge in [0.15, 0.2) is 0 Å². The van der Waals surface area contributed by atoms with Crippen molar-refractivity contribution < 1.29 is 19.1 Å². The zero-order chi connectivity index (χ0) is 28.6. The first-order chi connectivity index (χ1) is 19.4. The number of anilines is 2. The molecule has 2 N–H and O–H groups in total. The fourth-order valence-corrected chi connectivity index (χ4v) is 5.30. The molecule has 9 heteroatoms. The van der Waals surface area contributed by atoms with Gasteiger partial charge in [-0.3, -0.25) is 9.59 Å². The molecule has 0 bridgehead atoms. The fraction of sp³-hybridized carbons (Fsp3) is 0.355. The lowest BCUT2D eigenvalue weighted by atomic mass is 10.0. The molecule has 1 heterocycles. The Bertz CT molecular complexity index is 1350. The molecule has 0 aromatic heterocycles. The van der Waals surface area contributed by atoms with E-state index in [-0.39, 0.29) is 24.0 Å². The predicted octanol–water partition coefficient (Wildman–Crippen LogP) is 7.14. The molecular weight excluding hydrogens is 549 g/mol. The van der Waals surface area contributed by atoms with Crippen LogP contribution in [0, 0.1) is 0 Å². The van der Waals surface area contributed by atoms with Gasteiger partial charge in [-0.25, -0.2) is 0 Å². The largest absolute Gasteiger partial charge is 0.496 e. The van der Waals surface area contributed by atoms with Gasteiger partial charge < -0.3 is 25.0 Å². The molecule has 2 unspecified atom stereocenters. The summed E-state index contributed by atoms with van der Waals surface area (Å²) in [4.78, 5) is 28.4. The minimum Gasteiger partial charge on any atom is -0.496 e. The molecule has 4 rings (SSSR count). The molecule has 0 saturated heterocycles. The molecule has 0 saturated carbocycles. The average molecular weight is 585 g/mol. The van der Waals surface area contributed by atoms with Crippen LogP contribution in [-0.2, 0) is 4.74 Å². The van der Waals surface area contributed by atoms with Crippen molar-refractivity contribution in [1.29, 1.82) is 0 Å². The van der Waals surface area contributed by atoms with Crippen molar-refractivity contribution in [2.24, 2.45) is 0 Å². The smallest absolute Gasteiger partial charge is 0.262 e. The van der Waals surface area contributed by atoms with Crippen molar-refractivity contribution in [3.8, 4) is 5.75 Å². The summed E-state index contributed by atoms with van der Waals surface area (Å²) in [5.74, 6) is -0.203. The molecule has 0 spiro atoms. The van der Waals surface area contributed by atoms with E-state index in [0.29, 0.717) is 45.8 Å². The number of hydrogen-bond donors (Lipinski definition) is 2. The van der Waals surface area contributed by atoms with Crippen LogP contribution in [0.4, 0.5) is 11.4 Å². The van der Waals surface area contributed by atoms with Crippen molar-refractivity contribution in [3.05, 3.63) is 87.4 Å². The lowest BCUT2D eigenvalue weighted by Gasteiger charge is -2.26. The lowest BCUT2D eigenvalue weighted by molar-refractivity contribution is 0.0321. The van der Waals surface area contributed by atoms with Crippen molar-refractivity contribution >= 4 is 46.4 Å². The summed E-state index contributed by atoms with van der Waals surface area (Å²) in [5, 5.41) is 7.23. The average Bonchev–Trinajstić information content (AvgIpc) is 3.14. The molecular formula is C31H35Cl2N3O4. The van der Waals surface area contributed by atoms with Gasteiger partial charge in [0.1, 0.15) is 5.75 Å². The van der Waals surface area contributed by atoms with E-state index in [1.807, 2.05) is 12.1 Å². The van der Waals surface area contributed by atoms with Crippen LogP contribution in [0.15, 0.2) is 60.7 Å². The van der Waals surface area contributed by atoms with E-state index in [4.69, 9.17) is 32.7 Å². The lowest BCUT2D eigenvalue weighted by Crippen LogP contribution is -2.33. The highest BCUT2D eigenvalue weighted by atomic mass is 35.5. The first-order valence-electron chi connectivity index (χ1n) is 13.6. The van der Waals surface area contributed by atoms with Gasteiger partial charge in [0, 0.05) is 40.6 Å². The van der Waals surface area contributed by atoms with Crippen molar-refractivity contribution in [3.63, 3.8) is 0 Å². The zero-order valence-corrected chi connectivity index (χ0v) is 24.5. The topological polar surface area (TPSA) is 79.9 Å². The minimum atomic E-state index is -0.351. The highest BCUT2D eigenvalue weighted by Crippen LogP contribution is 2.38. The van der Waals surface area contributed by atoms with Crippen molar-refractivity contribution in [2.45, 2.75) is 45.3 Å². The van der Waals surface area contributed by atoms with Crippen molar-refractivity contribution in [2.75, 3.05) is 37.0 Å². The third-order valence-corrected chi connectivity index (χ3v) is 7.58. The maximum Gasteiger partial charge on any atom is 0.262 e. The number of methoxy groups -OCH3 is 1. The Morgan fingerprint density at radius 2 is 1.85 bits per heavy atom. The molecule has 1 aliphatic heterocycles. The number of carbonyl (C=O) groups is 2. The first kappa shape index (κ1) is 29.9. The number of halogens is 2. The van der Waals surface area contributed by atoms with Crippen LogP contribution in [0.5, 0.6) is 5.75 Å². The summed E-state index contributed by atoms with van der Waals surface area (Å²) in [6.45, 7) is 6.19. The highest BCUT2D eigenvalue weighted by molar-refractivity contribution is 6.34. The predicted molar refractivity (Wildman–Crippen MR) is 161 cm³/mol. The minimum absolute atomic E-state index is 0.177. The zero-order valence-electron chi connectivity index (χ0n) is 23.0. The Morgan fingerprint density at radius 3 is 2.58 bits per heavy atom. The number of ether oxygens (including phenoxy) is 2. The fourth-order valence-electron chi connectivity index (χ4n) is 4.90. The highest BCUT2D eigenvalue weighted by Gasteiger charge is 2.30. The molecule has 2 atom stereocenters. The molecule has 3 aromatic carbocycles. The second kappa shape index (κ2) is 14.0. The normalized spacial score (nSPS) is 15.6. The third-order valence-electron chi connectivity index (χ3n) is 7.01. The quantitative estimate of drug-likeness (QED) is 0.265. The van der Waals surface area contributed by atoms with Crippen molar-refractivity contribution in [1.82, 2.24) is 5.32 Å². The SMILES string of the molecule is CCNC(CC)COC1CCCN(C(=O)c2ccc(NC(=O)c3ccccc3Cl)cc2OC)c2ccc(Cl)cc21. The standard InChI is InChI=1S/C31H35Cl2N3O4/c1-4-21(34-5-2)19-40-28-11-8-16-36(27-15-12-20(32)17-25(27)28)31(38)24-14-13-22(18-29(24)39-3)35-30(37)23-9-6-7-10-26(23)33/h6-7,9-10,12-15,17-18,21,28,34H,4-5,8,11,16,19H2,1-3H3,(H,35,37). The van der Waals surface area contributed by atoms with E-state index < -0.39 is 0 Å². The van der Waals surface area contributed by atoms with Crippen LogP contribution >= 0.6 is 23.2 Å². The van der Waals surface area contributed by atoms with Crippen LogP contribution in [0.2, 0.25) is 10.0 Å². The maximum atomic E-state index is 13.9. The Hall–Kier alpha value is -3.10. The Morgan fingerprint density at radius 1 is 1.05 bits per heavy atom. The monoisotopic (exact) mass is 583 g/mol. The molecule has 7 nitrogen and oxygen atoms in total. The summed E-state index contributed by atoms with van der Waals surface area (Å²) in [5.41, 5.74) is 2.90. The van der Waals surface area contributed by atoms with Gasteiger partial charge in [0.05, 0.1) is 36.0 Å². The summed E-state index contributed by atoms with van der Waals surface area (Å²) in [7, 11) is 1.50. The van der Waals surface area contributed by atoms with E-state index >= 15 is 0 Å². The first-order valence-corrected chi connectivity index (χ1v) is 14.3. The number of fused-ring (bicyclic) bond motifs is 1. The summed E-state index contributed by atoms with van der Waals surface area (Å²) < 4.78 is 12.0. The molecule has 3 aromatic rings. The summed E-state index contributed by atoms with van der Waals surface area (Å²) >= 11 is 12.6. The number of hydrogen-bond acceptors (Lipinski definition) is 5. The molecule has 40 heavy (non-hydrogen) atoms. The Kier molecular flexibility index (Phi) is 10.5. The molecule has 0 aliphatic carbocycles. The van der Waals surface area contributed by atoms with E-state index in [1.54, 1.807) is 53.4 Å². The third kappa shape index (κ3) is 6.96. The number of nitrogens with one attached hydrogen (secondary N) is 2. The van der Waals surface area contributed by atoms with Gasteiger partial charge in [-0.1, -0.05) is 49.2 Å². The molecule has 1 aliphatic rings. The summed E-state index contributed by atoms with van der Waals surface area (Å²) in [6.07, 6.45) is 2.31. The van der Waals surface area contributed by atoms with Gasteiger partial charge in [-0.2, -0.15) is 0 Å². The Balaban J connectivity index is 1.58. The second-order valence-electron chi connectivity index (χ2n) is 9.64. The van der Waals surface area contributed by atoms with E-state index in [2.05, 4.69) is 24.5 Å². The molecule has 0 radical (unpaired) electrons. The van der Waals surface area contributed by atoms with Crippen LogP contribution in [0.25, 0.3) is 0 Å². The van der Waals surface area contributed by atoms with Crippen LogP contribution in [0.3, 0.4) is 0 Å². The van der Waals surface area contributed by atoms with Gasteiger partial charge in [-0.15, -0.1) is 0 Å². The van der Waals surface area contributed by atoms with Crippen LogP contribution in [-0.4, -0.2) is 44.7 Å². The van der Waals surface area contributed by atoms with Gasteiger partial charge in [0.25, 0.3) is 11.8 Å². The molecule has 0 fully saturated rings. The summed E-state index contributed by atoms with van der Waals surface area (Å²) in [6, 6.07) is 17.6. The van der Waals surface area contributed by atoms with E-state index in [9.17, 15) is 9.59 Å². The number of carbonyl (C=O) groups excluding carboxylic acids is 2. The van der Waals surface area contributed by atoms with Gasteiger partial charge >= 0.3 is 0 Å². The number of nitrogens with zero attached hydrogens (tertiary/aromatic N) is 1. The number of amides is 2. The van der Waals surface area contributed by atoms with Crippen LogP contribution < -0.4 is 20.3 Å². The number of rotatable bonds is 10. The van der Waals surface area contributed by atoms with Gasteiger partial charge in [0.2, 0.25) is 0 Å². The molecule has 212 valence electrons. The second-order valence-corrected chi connectivity index (χ2v) is 10.5. The van der Waals surface area contributed by atoms with Gasteiger partial charge in [-0.05, 0) is 68.3 Å². The number of benzene rings is 3. The van der Waals surface area contributed by atoms with E-state index in [1.165, 1.54) is 7.11 Å². The number of likely N-dealkylation sites (N-methyl/N-ethyl adjacent to an activating group) is 1.